The van der Waals surface area contributed by atoms with Gasteiger partial charge in [0.15, 0.2) is 11.5 Å². The number of carbonyl (C=O) groups excluding carboxylic acids is 2. The van der Waals surface area contributed by atoms with Gasteiger partial charge in [-0.1, -0.05) is 11.2 Å². The normalized spacial score (nSPS) is 10.5. The number of carbonyl (C=O) groups is 2. The van der Waals surface area contributed by atoms with Gasteiger partial charge in [-0.25, -0.2) is 0 Å². The third-order valence-electron chi connectivity index (χ3n) is 3.68. The molecule has 0 saturated carbocycles. The zero-order valence-electron chi connectivity index (χ0n) is 14.2. The van der Waals surface area contributed by atoms with Gasteiger partial charge in [-0.15, -0.1) is 11.3 Å². The van der Waals surface area contributed by atoms with Crippen molar-refractivity contribution in [2.45, 2.75) is 13.3 Å². The van der Waals surface area contributed by atoms with Crippen LogP contribution in [0.3, 0.4) is 0 Å². The molecule has 0 fully saturated rings. The van der Waals surface area contributed by atoms with E-state index in [1.807, 2.05) is 17.5 Å². The molecule has 8 heteroatoms. The minimum Gasteiger partial charge on any atom is -0.355 e. The molecule has 26 heavy (non-hydrogen) atoms. The number of aryl methyl sites for hydroxylation is 1. The summed E-state index contributed by atoms with van der Waals surface area (Å²) in [5.41, 5.74) is 1.48. The predicted molar refractivity (Wildman–Crippen MR) is 98.1 cm³/mol. The van der Waals surface area contributed by atoms with Gasteiger partial charge in [0.2, 0.25) is 0 Å². The van der Waals surface area contributed by atoms with E-state index in [9.17, 15) is 9.59 Å². The second-order valence-electron chi connectivity index (χ2n) is 5.56. The number of thiophene rings is 1. The molecule has 0 saturated heterocycles. The largest absolute Gasteiger partial charge is 0.355 e. The van der Waals surface area contributed by atoms with Crippen LogP contribution in [0.15, 0.2) is 46.4 Å². The van der Waals surface area contributed by atoms with Gasteiger partial charge in [0.25, 0.3) is 11.8 Å². The molecule has 2 N–H and O–H groups in total. The highest BCUT2D eigenvalue weighted by molar-refractivity contribution is 7.13. The fourth-order valence-electron chi connectivity index (χ4n) is 2.32. The van der Waals surface area contributed by atoms with Crippen molar-refractivity contribution in [1.82, 2.24) is 20.8 Å². The molecule has 0 unspecified atom stereocenters. The molecule has 134 valence electrons. The molecule has 0 radical (unpaired) electrons. The molecule has 0 aliphatic rings. The van der Waals surface area contributed by atoms with Gasteiger partial charge < -0.3 is 15.2 Å². The molecular weight excluding hydrogens is 352 g/mol. The SMILES string of the molecule is Cc1ncccc1C(=O)NCCCNC(=O)c1cc(-c2cccs2)on1. The molecule has 0 bridgehead atoms. The fraction of sp³-hybridized carbons (Fsp3) is 0.222. The van der Waals surface area contributed by atoms with Crippen molar-refractivity contribution in [3.8, 4) is 10.6 Å². The van der Waals surface area contributed by atoms with Crippen LogP contribution in [0.4, 0.5) is 0 Å². The molecule has 0 aromatic carbocycles. The van der Waals surface area contributed by atoms with E-state index in [0.29, 0.717) is 36.5 Å². The average molecular weight is 370 g/mol. The minimum atomic E-state index is -0.300. The predicted octanol–water partition coefficient (Wildman–Crippen LogP) is 2.66. The minimum absolute atomic E-state index is 0.168. The second kappa shape index (κ2) is 8.39. The standard InChI is InChI=1S/C18H18N4O3S/c1-12-13(5-2-7-19-12)17(23)20-8-4-9-21-18(24)14-11-15(25-22-14)16-6-3-10-26-16/h2-3,5-7,10-11H,4,8-9H2,1H3,(H,20,23)(H,21,24). The lowest BCUT2D eigenvalue weighted by atomic mass is 10.2. The number of hydrogen-bond acceptors (Lipinski definition) is 6. The lowest BCUT2D eigenvalue weighted by Gasteiger charge is -2.07. The van der Waals surface area contributed by atoms with Gasteiger partial charge in [0.1, 0.15) is 0 Å². The zero-order valence-corrected chi connectivity index (χ0v) is 15.0. The Labute approximate surface area is 154 Å². The second-order valence-corrected chi connectivity index (χ2v) is 6.50. The van der Waals surface area contributed by atoms with Crippen molar-refractivity contribution < 1.29 is 14.1 Å². The van der Waals surface area contributed by atoms with Gasteiger partial charge in [0, 0.05) is 31.0 Å². The summed E-state index contributed by atoms with van der Waals surface area (Å²) in [4.78, 5) is 29.1. The summed E-state index contributed by atoms with van der Waals surface area (Å²) in [7, 11) is 0. The first-order chi connectivity index (χ1) is 12.6. The highest BCUT2D eigenvalue weighted by Gasteiger charge is 2.14. The summed E-state index contributed by atoms with van der Waals surface area (Å²) in [6.45, 7) is 2.66. The summed E-state index contributed by atoms with van der Waals surface area (Å²) in [5, 5.41) is 11.3. The van der Waals surface area contributed by atoms with E-state index in [2.05, 4.69) is 20.8 Å². The smallest absolute Gasteiger partial charge is 0.273 e. The summed E-state index contributed by atoms with van der Waals surface area (Å²) in [6.07, 6.45) is 2.25. The molecule has 3 rings (SSSR count). The summed E-state index contributed by atoms with van der Waals surface area (Å²) >= 11 is 1.52. The number of pyridine rings is 1. The van der Waals surface area contributed by atoms with Crippen LogP contribution >= 0.6 is 11.3 Å². The van der Waals surface area contributed by atoms with Crippen molar-refractivity contribution in [1.29, 1.82) is 0 Å². The molecular formula is C18H18N4O3S. The molecule has 0 aliphatic carbocycles. The van der Waals surface area contributed by atoms with Crippen LogP contribution in [0.1, 0.15) is 33.0 Å². The first-order valence-corrected chi connectivity index (χ1v) is 9.01. The molecule has 0 atom stereocenters. The van der Waals surface area contributed by atoms with E-state index in [1.165, 1.54) is 11.3 Å². The Kier molecular flexibility index (Phi) is 5.75. The lowest BCUT2D eigenvalue weighted by Crippen LogP contribution is -2.30. The Morgan fingerprint density at radius 2 is 1.96 bits per heavy atom. The van der Waals surface area contributed by atoms with Crippen molar-refractivity contribution in [3.63, 3.8) is 0 Å². The van der Waals surface area contributed by atoms with Gasteiger partial charge in [-0.2, -0.15) is 0 Å². The number of aromatic nitrogens is 2. The maximum absolute atomic E-state index is 12.1. The highest BCUT2D eigenvalue weighted by atomic mass is 32.1. The number of rotatable bonds is 7. The van der Waals surface area contributed by atoms with Gasteiger partial charge in [-0.3, -0.25) is 14.6 Å². The summed E-state index contributed by atoms with van der Waals surface area (Å²) in [6, 6.07) is 8.89. The Morgan fingerprint density at radius 3 is 2.69 bits per heavy atom. The highest BCUT2D eigenvalue weighted by Crippen LogP contribution is 2.24. The van der Waals surface area contributed by atoms with Gasteiger partial charge in [-0.05, 0) is 36.9 Å². The third kappa shape index (κ3) is 4.34. The molecule has 2 amide bonds. The molecule has 7 nitrogen and oxygen atoms in total. The molecule has 3 aromatic heterocycles. The van der Waals surface area contributed by atoms with Crippen LogP contribution in [-0.2, 0) is 0 Å². The van der Waals surface area contributed by atoms with E-state index >= 15 is 0 Å². The number of nitrogens with one attached hydrogen (secondary N) is 2. The average Bonchev–Trinajstić information content (AvgIpc) is 3.32. The third-order valence-corrected chi connectivity index (χ3v) is 4.57. The van der Waals surface area contributed by atoms with Crippen LogP contribution in [-0.4, -0.2) is 35.0 Å². The maximum Gasteiger partial charge on any atom is 0.273 e. The summed E-state index contributed by atoms with van der Waals surface area (Å²) in [5.74, 6) is 0.106. The van der Waals surface area contributed by atoms with Crippen LogP contribution in [0.5, 0.6) is 0 Å². The number of nitrogens with zero attached hydrogens (tertiary/aromatic N) is 2. The van der Waals surface area contributed by atoms with Crippen LogP contribution < -0.4 is 10.6 Å². The molecule has 3 heterocycles. The number of hydrogen-bond donors (Lipinski definition) is 2. The lowest BCUT2D eigenvalue weighted by molar-refractivity contribution is 0.0944. The molecule has 3 aromatic rings. The van der Waals surface area contributed by atoms with Crippen molar-refractivity contribution >= 4 is 23.2 Å². The Morgan fingerprint density at radius 1 is 1.15 bits per heavy atom. The Balaban J connectivity index is 1.40. The first kappa shape index (κ1) is 17.8. The monoisotopic (exact) mass is 370 g/mol. The van der Waals surface area contributed by atoms with Crippen molar-refractivity contribution in [3.05, 3.63) is 58.9 Å². The van der Waals surface area contributed by atoms with Crippen LogP contribution in [0.2, 0.25) is 0 Å². The van der Waals surface area contributed by atoms with E-state index < -0.39 is 0 Å². The van der Waals surface area contributed by atoms with E-state index in [4.69, 9.17) is 4.52 Å². The molecule has 0 aliphatic heterocycles. The molecule has 0 spiro atoms. The quantitative estimate of drug-likeness (QED) is 0.623. The maximum atomic E-state index is 12.1. The fourth-order valence-corrected chi connectivity index (χ4v) is 2.99. The van der Waals surface area contributed by atoms with Crippen LogP contribution in [0.25, 0.3) is 10.6 Å². The van der Waals surface area contributed by atoms with Crippen molar-refractivity contribution in [2.24, 2.45) is 0 Å². The van der Waals surface area contributed by atoms with Gasteiger partial charge in [0.05, 0.1) is 10.4 Å². The van der Waals surface area contributed by atoms with Crippen molar-refractivity contribution in [2.75, 3.05) is 13.1 Å². The first-order valence-electron chi connectivity index (χ1n) is 8.14. The van der Waals surface area contributed by atoms with E-state index in [0.717, 1.165) is 4.88 Å². The topological polar surface area (TPSA) is 97.1 Å². The number of amides is 2. The van der Waals surface area contributed by atoms with E-state index in [-0.39, 0.29) is 17.5 Å². The van der Waals surface area contributed by atoms with E-state index in [1.54, 1.807) is 31.3 Å². The Bertz CT molecular complexity index is 889. The van der Waals surface area contributed by atoms with Gasteiger partial charge >= 0.3 is 0 Å². The van der Waals surface area contributed by atoms with Crippen LogP contribution in [0, 0.1) is 6.92 Å². The Hall–Kier alpha value is -3.00. The summed E-state index contributed by atoms with van der Waals surface area (Å²) < 4.78 is 5.19. The zero-order chi connectivity index (χ0) is 18.4.